The third-order valence-corrected chi connectivity index (χ3v) is 3.81. The van der Waals surface area contributed by atoms with Crippen LogP contribution in [0.15, 0.2) is 0 Å². The number of carboxylic acid groups (broad SMARTS) is 1. The maximum Gasteiger partial charge on any atom is 0.308 e. The molecule has 3 unspecified atom stereocenters. The molecule has 2 fully saturated rings. The van der Waals surface area contributed by atoms with Crippen molar-refractivity contribution in [3.8, 4) is 0 Å². The summed E-state index contributed by atoms with van der Waals surface area (Å²) in [4.78, 5) is 36.0. The van der Waals surface area contributed by atoms with Gasteiger partial charge in [0.2, 0.25) is 11.8 Å². The molecular formula is C12H17NO4. The molecule has 0 aromatic heterocycles. The van der Waals surface area contributed by atoms with E-state index < -0.39 is 11.9 Å². The molecule has 5 nitrogen and oxygen atoms in total. The third kappa shape index (κ3) is 2.06. The third-order valence-electron chi connectivity index (χ3n) is 3.81. The van der Waals surface area contributed by atoms with E-state index in [-0.39, 0.29) is 30.2 Å². The van der Waals surface area contributed by atoms with Crippen molar-refractivity contribution < 1.29 is 19.5 Å². The van der Waals surface area contributed by atoms with Crippen LogP contribution in [0.2, 0.25) is 0 Å². The Kier molecular flexibility index (Phi) is 3.17. The fourth-order valence-electron chi connectivity index (χ4n) is 2.76. The molecule has 1 saturated carbocycles. The smallest absolute Gasteiger partial charge is 0.308 e. The molecule has 0 radical (unpaired) electrons. The minimum Gasteiger partial charge on any atom is -0.481 e. The summed E-state index contributed by atoms with van der Waals surface area (Å²) in [5.41, 5.74) is 0. The van der Waals surface area contributed by atoms with E-state index in [1.165, 1.54) is 11.8 Å². The number of amides is 2. The Morgan fingerprint density at radius 3 is 2.18 bits per heavy atom. The Bertz CT molecular complexity index is 342. The van der Waals surface area contributed by atoms with E-state index in [2.05, 4.69) is 0 Å². The van der Waals surface area contributed by atoms with Crippen molar-refractivity contribution in [3.63, 3.8) is 0 Å². The van der Waals surface area contributed by atoms with Crippen molar-refractivity contribution in [2.24, 2.45) is 17.8 Å². The highest BCUT2D eigenvalue weighted by Crippen LogP contribution is 2.38. The molecule has 1 aliphatic carbocycles. The molecule has 1 N–H and O–H groups in total. The maximum atomic E-state index is 12.0. The Morgan fingerprint density at radius 2 is 1.76 bits per heavy atom. The van der Waals surface area contributed by atoms with Crippen LogP contribution in [0.3, 0.4) is 0 Å². The molecule has 17 heavy (non-hydrogen) atoms. The normalized spacial score (nSPS) is 30.3. The number of likely N-dealkylation sites (tertiary alicyclic amines) is 1. The SMILES string of the molecule is CC(CN1C(=O)C2CCCCC2C1=O)C(=O)O. The molecule has 2 amide bonds. The molecule has 1 saturated heterocycles. The fraction of sp³-hybridized carbons (Fsp3) is 0.750. The second kappa shape index (κ2) is 4.47. The lowest BCUT2D eigenvalue weighted by molar-refractivity contribution is -0.145. The van der Waals surface area contributed by atoms with Gasteiger partial charge in [-0.1, -0.05) is 19.8 Å². The lowest BCUT2D eigenvalue weighted by atomic mass is 9.81. The number of carbonyl (C=O) groups is 3. The Morgan fingerprint density at radius 1 is 1.29 bits per heavy atom. The number of rotatable bonds is 3. The van der Waals surface area contributed by atoms with E-state index in [4.69, 9.17) is 5.11 Å². The zero-order valence-corrected chi connectivity index (χ0v) is 9.89. The number of carbonyl (C=O) groups excluding carboxylic acids is 2. The van der Waals surface area contributed by atoms with Crippen molar-refractivity contribution in [2.75, 3.05) is 6.54 Å². The van der Waals surface area contributed by atoms with E-state index in [0.29, 0.717) is 0 Å². The van der Waals surface area contributed by atoms with Gasteiger partial charge >= 0.3 is 5.97 Å². The standard InChI is InChI=1S/C12H17NO4/c1-7(12(16)17)6-13-10(14)8-4-2-3-5-9(8)11(13)15/h7-9H,2-6H2,1H3,(H,16,17). The zero-order valence-electron chi connectivity index (χ0n) is 9.89. The average Bonchev–Trinajstić information content (AvgIpc) is 2.55. The van der Waals surface area contributed by atoms with Crippen molar-refractivity contribution in [2.45, 2.75) is 32.6 Å². The minimum atomic E-state index is -0.972. The first-order valence-corrected chi connectivity index (χ1v) is 6.10. The number of nitrogens with zero attached hydrogens (tertiary/aromatic N) is 1. The number of aliphatic carboxylic acids is 1. The summed E-state index contributed by atoms with van der Waals surface area (Å²) in [5.74, 6) is -2.35. The summed E-state index contributed by atoms with van der Waals surface area (Å²) < 4.78 is 0. The van der Waals surface area contributed by atoms with Gasteiger partial charge in [-0.05, 0) is 12.8 Å². The van der Waals surface area contributed by atoms with E-state index in [1.807, 2.05) is 0 Å². The number of carboxylic acids is 1. The van der Waals surface area contributed by atoms with Gasteiger partial charge in [0.15, 0.2) is 0 Å². The topological polar surface area (TPSA) is 74.7 Å². The average molecular weight is 239 g/mol. The van der Waals surface area contributed by atoms with Gasteiger partial charge < -0.3 is 5.11 Å². The van der Waals surface area contributed by atoms with Gasteiger partial charge in [0, 0.05) is 6.54 Å². The maximum absolute atomic E-state index is 12.0. The first-order valence-electron chi connectivity index (χ1n) is 6.10. The Hall–Kier alpha value is -1.39. The quantitative estimate of drug-likeness (QED) is 0.742. The summed E-state index contributed by atoms with van der Waals surface area (Å²) >= 11 is 0. The predicted octanol–water partition coefficient (Wildman–Crippen LogP) is 0.882. The molecule has 0 spiro atoms. The Balaban J connectivity index is 2.10. The second-order valence-corrected chi connectivity index (χ2v) is 5.02. The van der Waals surface area contributed by atoms with E-state index in [1.54, 1.807) is 0 Å². The fourth-order valence-corrected chi connectivity index (χ4v) is 2.76. The van der Waals surface area contributed by atoms with Crippen LogP contribution >= 0.6 is 0 Å². The van der Waals surface area contributed by atoms with E-state index in [0.717, 1.165) is 25.7 Å². The van der Waals surface area contributed by atoms with Crippen LogP contribution in [0.25, 0.3) is 0 Å². The van der Waals surface area contributed by atoms with Gasteiger partial charge in [-0.15, -0.1) is 0 Å². The van der Waals surface area contributed by atoms with Crippen molar-refractivity contribution >= 4 is 17.8 Å². The summed E-state index contributed by atoms with van der Waals surface area (Å²) in [7, 11) is 0. The van der Waals surface area contributed by atoms with Crippen molar-refractivity contribution in [3.05, 3.63) is 0 Å². The lowest BCUT2D eigenvalue weighted by Gasteiger charge is -2.19. The van der Waals surface area contributed by atoms with Gasteiger partial charge in [-0.25, -0.2) is 0 Å². The van der Waals surface area contributed by atoms with E-state index >= 15 is 0 Å². The number of hydrogen-bond donors (Lipinski definition) is 1. The van der Waals surface area contributed by atoms with Gasteiger partial charge in [0.25, 0.3) is 0 Å². The van der Waals surface area contributed by atoms with Gasteiger partial charge in [0.05, 0.1) is 17.8 Å². The zero-order chi connectivity index (χ0) is 12.6. The van der Waals surface area contributed by atoms with Gasteiger partial charge in [-0.2, -0.15) is 0 Å². The summed E-state index contributed by atoms with van der Waals surface area (Å²) in [5, 5.41) is 8.82. The molecule has 94 valence electrons. The van der Waals surface area contributed by atoms with Crippen LogP contribution in [0.5, 0.6) is 0 Å². The highest BCUT2D eigenvalue weighted by atomic mass is 16.4. The predicted molar refractivity (Wildman–Crippen MR) is 59.0 cm³/mol. The van der Waals surface area contributed by atoms with Crippen LogP contribution in [-0.4, -0.2) is 34.3 Å². The van der Waals surface area contributed by atoms with Crippen LogP contribution in [-0.2, 0) is 14.4 Å². The highest BCUT2D eigenvalue weighted by molar-refractivity contribution is 6.05. The summed E-state index contributed by atoms with van der Waals surface area (Å²) in [6.07, 6.45) is 3.52. The van der Waals surface area contributed by atoms with Crippen molar-refractivity contribution in [1.82, 2.24) is 4.90 Å². The molecule has 1 heterocycles. The van der Waals surface area contributed by atoms with Crippen molar-refractivity contribution in [1.29, 1.82) is 0 Å². The second-order valence-electron chi connectivity index (χ2n) is 5.02. The molecule has 0 aromatic carbocycles. The minimum absolute atomic E-state index is 0.0139. The molecule has 3 atom stereocenters. The van der Waals surface area contributed by atoms with Gasteiger partial charge in [0.1, 0.15) is 0 Å². The molecule has 2 rings (SSSR count). The Labute approximate surface area is 99.8 Å². The number of imide groups is 1. The lowest BCUT2D eigenvalue weighted by Crippen LogP contribution is -2.37. The number of fused-ring (bicyclic) bond motifs is 1. The largest absolute Gasteiger partial charge is 0.481 e. The highest BCUT2D eigenvalue weighted by Gasteiger charge is 2.48. The summed E-state index contributed by atoms with van der Waals surface area (Å²) in [6.45, 7) is 1.53. The van der Waals surface area contributed by atoms with E-state index in [9.17, 15) is 14.4 Å². The first-order chi connectivity index (χ1) is 8.02. The molecule has 2 aliphatic rings. The summed E-state index contributed by atoms with van der Waals surface area (Å²) in [6, 6.07) is 0. The molecule has 5 heteroatoms. The van der Waals surface area contributed by atoms with Crippen LogP contribution in [0, 0.1) is 17.8 Å². The first kappa shape index (κ1) is 12.1. The van der Waals surface area contributed by atoms with Crippen LogP contribution in [0.1, 0.15) is 32.6 Å². The van der Waals surface area contributed by atoms with Crippen LogP contribution in [0.4, 0.5) is 0 Å². The van der Waals surface area contributed by atoms with Crippen LogP contribution < -0.4 is 0 Å². The molecule has 0 aromatic rings. The monoisotopic (exact) mass is 239 g/mol. The molecule has 0 bridgehead atoms. The molecular weight excluding hydrogens is 222 g/mol. The number of hydrogen-bond acceptors (Lipinski definition) is 3. The van der Waals surface area contributed by atoms with Gasteiger partial charge in [-0.3, -0.25) is 19.3 Å². The molecule has 1 aliphatic heterocycles.